The van der Waals surface area contributed by atoms with E-state index in [2.05, 4.69) is 17.2 Å². The Bertz CT molecular complexity index is 502. The molecular formula is C13H23N2O3PS. The molecule has 5 nitrogen and oxygen atoms in total. The minimum Gasteiger partial charge on any atom is -0.323 e. The Morgan fingerprint density at radius 2 is 2.35 bits per heavy atom. The molecule has 0 aromatic carbocycles. The Balaban J connectivity index is 2.00. The Morgan fingerprint density at radius 3 is 2.90 bits per heavy atom. The van der Waals surface area contributed by atoms with Gasteiger partial charge in [0, 0.05) is 24.0 Å². The lowest BCUT2D eigenvalue weighted by Crippen LogP contribution is -2.48. The maximum Gasteiger partial charge on any atom is 0.345 e. The first-order chi connectivity index (χ1) is 9.32. The third-order valence-corrected chi connectivity index (χ3v) is 6.70. The van der Waals surface area contributed by atoms with Crippen LogP contribution in [0.15, 0.2) is 5.38 Å². The number of aryl methyl sites for hydroxylation is 1. The zero-order valence-corrected chi connectivity index (χ0v) is 13.7. The first kappa shape index (κ1) is 16.1. The van der Waals surface area contributed by atoms with E-state index in [1.165, 1.54) is 0 Å². The van der Waals surface area contributed by atoms with E-state index in [0.717, 1.165) is 23.5 Å². The predicted molar refractivity (Wildman–Crippen MR) is 81.0 cm³/mol. The molecule has 2 rings (SSSR count). The van der Waals surface area contributed by atoms with Crippen LogP contribution in [-0.2, 0) is 11.0 Å². The van der Waals surface area contributed by atoms with Gasteiger partial charge in [0.2, 0.25) is 0 Å². The molecule has 1 aliphatic carbocycles. The third kappa shape index (κ3) is 3.68. The van der Waals surface area contributed by atoms with Crippen LogP contribution >= 0.6 is 18.9 Å². The van der Waals surface area contributed by atoms with E-state index in [1.807, 2.05) is 12.3 Å². The van der Waals surface area contributed by atoms with Gasteiger partial charge in [0.1, 0.15) is 5.28 Å². The normalized spacial score (nSPS) is 27.7. The molecule has 0 spiro atoms. The molecule has 1 heterocycles. The van der Waals surface area contributed by atoms with Gasteiger partial charge in [-0.2, -0.15) is 0 Å². The number of hydrogen-bond donors (Lipinski definition) is 3. The molecule has 0 radical (unpaired) electrons. The van der Waals surface area contributed by atoms with E-state index in [0.29, 0.717) is 31.7 Å². The molecule has 0 amide bonds. The van der Waals surface area contributed by atoms with Crippen LogP contribution in [-0.4, -0.2) is 26.6 Å². The highest BCUT2D eigenvalue weighted by Gasteiger charge is 2.48. The van der Waals surface area contributed by atoms with E-state index >= 15 is 0 Å². The third-order valence-electron chi connectivity index (χ3n) is 3.99. The quantitative estimate of drug-likeness (QED) is 0.727. The Kier molecular flexibility index (Phi) is 5.03. The standard InChI is InChI=1S/C13H23N2O3PS/c1-10-4-3-6-13(8-10,19(16,17)18)14-7-5-12-15-11(2)9-20-12/h9-10,14H,3-8H2,1-2H3,(H2,16,17,18)/t10-,13+/m0/s1. The fourth-order valence-electron chi connectivity index (χ4n) is 2.97. The van der Waals surface area contributed by atoms with Crippen molar-refractivity contribution in [3.63, 3.8) is 0 Å². The summed E-state index contributed by atoms with van der Waals surface area (Å²) in [7, 11) is -4.15. The van der Waals surface area contributed by atoms with Gasteiger partial charge in [0.25, 0.3) is 0 Å². The maximum atomic E-state index is 11.9. The SMILES string of the molecule is Cc1csc(CCN[C@@]2(P(=O)(O)O)CCC[C@H](C)C2)n1. The van der Waals surface area contributed by atoms with Gasteiger partial charge in [-0.3, -0.25) is 4.57 Å². The highest BCUT2D eigenvalue weighted by molar-refractivity contribution is 7.53. The number of nitrogens with one attached hydrogen (secondary N) is 1. The lowest BCUT2D eigenvalue weighted by atomic mass is 9.86. The van der Waals surface area contributed by atoms with Crippen molar-refractivity contribution in [2.45, 2.75) is 51.2 Å². The highest BCUT2D eigenvalue weighted by Crippen LogP contribution is 2.56. The van der Waals surface area contributed by atoms with Crippen molar-refractivity contribution in [2.75, 3.05) is 6.54 Å². The summed E-state index contributed by atoms with van der Waals surface area (Å²) in [6, 6.07) is 0. The molecule has 1 aliphatic rings. The molecule has 0 aliphatic heterocycles. The van der Waals surface area contributed by atoms with Crippen LogP contribution in [0.5, 0.6) is 0 Å². The lowest BCUT2D eigenvalue weighted by molar-refractivity contribution is 0.212. The van der Waals surface area contributed by atoms with E-state index < -0.39 is 12.9 Å². The van der Waals surface area contributed by atoms with E-state index in [-0.39, 0.29) is 0 Å². The van der Waals surface area contributed by atoms with E-state index in [4.69, 9.17) is 0 Å². The van der Waals surface area contributed by atoms with Crippen LogP contribution in [0.2, 0.25) is 0 Å². The molecular weight excluding hydrogens is 295 g/mol. The van der Waals surface area contributed by atoms with Gasteiger partial charge in [-0.15, -0.1) is 11.3 Å². The molecule has 1 saturated carbocycles. The van der Waals surface area contributed by atoms with Gasteiger partial charge in [0.05, 0.1) is 5.01 Å². The van der Waals surface area contributed by atoms with Gasteiger partial charge in [0.15, 0.2) is 0 Å². The van der Waals surface area contributed by atoms with Crippen LogP contribution in [0.25, 0.3) is 0 Å². The number of thiazole rings is 1. The molecule has 7 heteroatoms. The summed E-state index contributed by atoms with van der Waals surface area (Å²) in [6.45, 7) is 4.58. The number of aromatic nitrogens is 1. The Labute approximate surface area is 124 Å². The van der Waals surface area contributed by atoms with Crippen LogP contribution in [0, 0.1) is 12.8 Å². The molecule has 0 unspecified atom stereocenters. The zero-order chi connectivity index (χ0) is 14.8. The van der Waals surface area contributed by atoms with Crippen molar-refractivity contribution in [3.8, 4) is 0 Å². The first-order valence-electron chi connectivity index (χ1n) is 7.04. The predicted octanol–water partition coefficient (Wildman–Crippen LogP) is 2.67. The molecule has 0 saturated heterocycles. The molecule has 3 N–H and O–H groups in total. The number of nitrogens with zero attached hydrogens (tertiary/aromatic N) is 1. The summed E-state index contributed by atoms with van der Waals surface area (Å²) >= 11 is 1.60. The van der Waals surface area contributed by atoms with Crippen LogP contribution in [0.3, 0.4) is 0 Å². The molecule has 1 aromatic heterocycles. The van der Waals surface area contributed by atoms with Gasteiger partial charge < -0.3 is 15.1 Å². The van der Waals surface area contributed by atoms with Gasteiger partial charge in [-0.25, -0.2) is 4.98 Å². The van der Waals surface area contributed by atoms with Gasteiger partial charge >= 0.3 is 7.60 Å². The summed E-state index contributed by atoms with van der Waals surface area (Å²) in [5.74, 6) is 0.353. The molecule has 2 atom stereocenters. The summed E-state index contributed by atoms with van der Waals surface area (Å²) in [4.78, 5) is 23.9. The van der Waals surface area contributed by atoms with Crippen LogP contribution < -0.4 is 5.32 Å². The van der Waals surface area contributed by atoms with Crippen molar-refractivity contribution >= 4 is 18.9 Å². The van der Waals surface area contributed by atoms with Gasteiger partial charge in [-0.05, 0) is 25.7 Å². The van der Waals surface area contributed by atoms with Crippen LogP contribution in [0.1, 0.15) is 43.3 Å². The average Bonchev–Trinajstić information content (AvgIpc) is 2.74. The highest BCUT2D eigenvalue weighted by atomic mass is 32.1. The molecule has 0 bridgehead atoms. The zero-order valence-electron chi connectivity index (χ0n) is 12.0. The van der Waals surface area contributed by atoms with Crippen molar-refractivity contribution in [2.24, 2.45) is 5.92 Å². The van der Waals surface area contributed by atoms with Gasteiger partial charge in [-0.1, -0.05) is 19.8 Å². The number of hydrogen-bond acceptors (Lipinski definition) is 4. The van der Waals surface area contributed by atoms with E-state index in [1.54, 1.807) is 11.3 Å². The monoisotopic (exact) mass is 318 g/mol. The Morgan fingerprint density at radius 1 is 1.60 bits per heavy atom. The fraction of sp³-hybridized carbons (Fsp3) is 0.769. The van der Waals surface area contributed by atoms with Crippen molar-refractivity contribution in [1.29, 1.82) is 0 Å². The largest absolute Gasteiger partial charge is 0.345 e. The van der Waals surface area contributed by atoms with Crippen molar-refractivity contribution < 1.29 is 14.4 Å². The molecule has 1 fully saturated rings. The minimum absolute atomic E-state index is 0.353. The summed E-state index contributed by atoms with van der Waals surface area (Å²) in [6.07, 6.45) is 3.74. The molecule has 20 heavy (non-hydrogen) atoms. The topological polar surface area (TPSA) is 82.5 Å². The molecule has 114 valence electrons. The van der Waals surface area contributed by atoms with Crippen molar-refractivity contribution in [1.82, 2.24) is 10.3 Å². The second-order valence-electron chi connectivity index (χ2n) is 5.84. The average molecular weight is 318 g/mol. The van der Waals surface area contributed by atoms with Crippen molar-refractivity contribution in [3.05, 3.63) is 16.1 Å². The second kappa shape index (κ2) is 6.24. The minimum atomic E-state index is -4.15. The Hall–Kier alpha value is -0.260. The van der Waals surface area contributed by atoms with E-state index in [9.17, 15) is 14.4 Å². The number of rotatable bonds is 5. The summed E-state index contributed by atoms with van der Waals surface area (Å²) in [5, 5.41) is 5.15. The summed E-state index contributed by atoms with van der Waals surface area (Å²) < 4.78 is 11.9. The fourth-order valence-corrected chi connectivity index (χ4v) is 5.06. The lowest BCUT2D eigenvalue weighted by Gasteiger charge is -2.41. The first-order valence-corrected chi connectivity index (χ1v) is 9.53. The maximum absolute atomic E-state index is 11.9. The molecule has 1 aromatic rings. The smallest absolute Gasteiger partial charge is 0.323 e. The summed E-state index contributed by atoms with van der Waals surface area (Å²) in [5.41, 5.74) is 1.00. The van der Waals surface area contributed by atoms with Crippen LogP contribution in [0.4, 0.5) is 0 Å². The second-order valence-corrected chi connectivity index (χ2v) is 8.72.